The SMILES string of the molecule is CC(C)n1c(=O)n(CC(=O)NCc2ccccn2)c2cc(S(=O)(=O)N3CCCC3)ccc21. The van der Waals surface area contributed by atoms with Crippen molar-refractivity contribution in [3.8, 4) is 0 Å². The monoisotopic (exact) mass is 457 g/mol. The van der Waals surface area contributed by atoms with Gasteiger partial charge in [-0.05, 0) is 57.0 Å². The number of imidazole rings is 1. The first-order chi connectivity index (χ1) is 15.3. The number of nitrogens with zero attached hydrogens (tertiary/aromatic N) is 4. The highest BCUT2D eigenvalue weighted by Crippen LogP contribution is 2.25. The molecule has 1 saturated heterocycles. The zero-order valence-electron chi connectivity index (χ0n) is 18.2. The van der Waals surface area contributed by atoms with Gasteiger partial charge in [0.1, 0.15) is 6.54 Å². The summed E-state index contributed by atoms with van der Waals surface area (Å²) in [6.45, 7) is 4.77. The Bertz CT molecular complexity index is 1290. The molecule has 3 aromatic rings. The molecule has 0 spiro atoms. The molecule has 1 aliphatic heterocycles. The molecule has 3 heterocycles. The fourth-order valence-electron chi connectivity index (χ4n) is 4.04. The number of amides is 1. The average molecular weight is 458 g/mol. The van der Waals surface area contributed by atoms with Gasteiger partial charge in [0.15, 0.2) is 0 Å². The van der Waals surface area contributed by atoms with Crippen molar-refractivity contribution < 1.29 is 13.2 Å². The first-order valence-corrected chi connectivity index (χ1v) is 12.1. The van der Waals surface area contributed by atoms with E-state index < -0.39 is 10.0 Å². The second kappa shape index (κ2) is 8.87. The highest BCUT2D eigenvalue weighted by molar-refractivity contribution is 7.89. The molecular formula is C22H27N5O4S. The molecule has 4 rings (SSSR count). The lowest BCUT2D eigenvalue weighted by Gasteiger charge is -2.16. The van der Waals surface area contributed by atoms with E-state index in [9.17, 15) is 18.0 Å². The Morgan fingerprint density at radius 3 is 2.53 bits per heavy atom. The molecule has 1 fully saturated rings. The van der Waals surface area contributed by atoms with Crippen LogP contribution in [0.1, 0.15) is 38.4 Å². The van der Waals surface area contributed by atoms with Gasteiger partial charge in [0.05, 0.1) is 28.2 Å². The van der Waals surface area contributed by atoms with Crippen LogP contribution in [0.4, 0.5) is 0 Å². The molecule has 10 heteroatoms. The van der Waals surface area contributed by atoms with Gasteiger partial charge in [-0.25, -0.2) is 13.2 Å². The normalized spacial score (nSPS) is 15.0. The zero-order chi connectivity index (χ0) is 22.9. The smallest absolute Gasteiger partial charge is 0.329 e. The molecule has 0 atom stereocenters. The molecule has 0 unspecified atom stereocenters. The van der Waals surface area contributed by atoms with E-state index >= 15 is 0 Å². The summed E-state index contributed by atoms with van der Waals surface area (Å²) in [5.74, 6) is -0.353. The van der Waals surface area contributed by atoms with Gasteiger partial charge in [-0.2, -0.15) is 4.31 Å². The summed E-state index contributed by atoms with van der Waals surface area (Å²) in [7, 11) is -3.65. The molecule has 32 heavy (non-hydrogen) atoms. The number of carbonyl (C=O) groups excluding carboxylic acids is 1. The first-order valence-electron chi connectivity index (χ1n) is 10.7. The van der Waals surface area contributed by atoms with Crippen molar-refractivity contribution in [3.05, 3.63) is 58.8 Å². The van der Waals surface area contributed by atoms with E-state index in [2.05, 4.69) is 10.3 Å². The largest absolute Gasteiger partial charge is 0.349 e. The van der Waals surface area contributed by atoms with Crippen LogP contribution in [0.3, 0.4) is 0 Å². The van der Waals surface area contributed by atoms with E-state index in [1.165, 1.54) is 14.9 Å². The van der Waals surface area contributed by atoms with E-state index in [4.69, 9.17) is 0 Å². The van der Waals surface area contributed by atoms with Gasteiger partial charge >= 0.3 is 5.69 Å². The standard InChI is InChI=1S/C22H27N5O4S/c1-16(2)27-19-9-8-18(32(30,31)25-11-5-6-12-25)13-20(19)26(22(27)29)15-21(28)24-14-17-7-3-4-10-23-17/h3-4,7-10,13,16H,5-6,11-12,14-15H2,1-2H3,(H,24,28). The van der Waals surface area contributed by atoms with Crippen LogP contribution in [0.5, 0.6) is 0 Å². The van der Waals surface area contributed by atoms with Crippen LogP contribution in [0.25, 0.3) is 11.0 Å². The maximum atomic E-state index is 13.1. The summed E-state index contributed by atoms with van der Waals surface area (Å²) >= 11 is 0. The number of carbonyl (C=O) groups is 1. The third-order valence-electron chi connectivity index (χ3n) is 5.65. The molecular weight excluding hydrogens is 430 g/mol. The summed E-state index contributed by atoms with van der Waals surface area (Å²) in [5, 5.41) is 2.77. The average Bonchev–Trinajstić information content (AvgIpc) is 3.40. The predicted molar refractivity (Wildman–Crippen MR) is 121 cm³/mol. The lowest BCUT2D eigenvalue weighted by Crippen LogP contribution is -2.33. The molecule has 0 saturated carbocycles. The molecule has 1 N–H and O–H groups in total. The number of fused-ring (bicyclic) bond motifs is 1. The number of pyridine rings is 1. The highest BCUT2D eigenvalue weighted by atomic mass is 32.2. The Balaban J connectivity index is 1.69. The summed E-state index contributed by atoms with van der Waals surface area (Å²) in [6, 6.07) is 9.98. The summed E-state index contributed by atoms with van der Waals surface area (Å²) in [6.07, 6.45) is 3.32. The van der Waals surface area contributed by atoms with Crippen molar-refractivity contribution in [2.45, 2.75) is 50.7 Å². The quantitative estimate of drug-likeness (QED) is 0.583. The van der Waals surface area contributed by atoms with E-state index in [-0.39, 0.29) is 35.6 Å². The minimum Gasteiger partial charge on any atom is -0.349 e. The zero-order valence-corrected chi connectivity index (χ0v) is 19.0. The fraction of sp³-hybridized carbons (Fsp3) is 0.409. The molecule has 0 radical (unpaired) electrons. The van der Waals surface area contributed by atoms with Gasteiger partial charge < -0.3 is 5.32 Å². The second-order valence-corrected chi connectivity index (χ2v) is 10.1. The number of rotatable bonds is 7. The molecule has 1 aliphatic rings. The van der Waals surface area contributed by atoms with Gasteiger partial charge in [0.25, 0.3) is 0 Å². The molecule has 2 aromatic heterocycles. The van der Waals surface area contributed by atoms with E-state index in [0.717, 1.165) is 12.8 Å². The number of benzene rings is 1. The van der Waals surface area contributed by atoms with Crippen LogP contribution in [0.2, 0.25) is 0 Å². The third-order valence-corrected chi connectivity index (χ3v) is 7.54. The van der Waals surface area contributed by atoms with Crippen LogP contribution in [-0.2, 0) is 27.9 Å². The van der Waals surface area contributed by atoms with Crippen LogP contribution in [-0.4, -0.2) is 45.8 Å². The maximum Gasteiger partial charge on any atom is 0.329 e. The summed E-state index contributed by atoms with van der Waals surface area (Å²) in [4.78, 5) is 30.1. The van der Waals surface area contributed by atoms with Crippen molar-refractivity contribution >= 4 is 27.0 Å². The highest BCUT2D eigenvalue weighted by Gasteiger charge is 2.28. The third kappa shape index (κ3) is 4.20. The molecule has 1 aromatic carbocycles. The molecule has 0 bridgehead atoms. The number of aromatic nitrogens is 3. The van der Waals surface area contributed by atoms with Crippen LogP contribution in [0, 0.1) is 0 Å². The number of hydrogen-bond donors (Lipinski definition) is 1. The van der Waals surface area contributed by atoms with Crippen molar-refractivity contribution in [2.75, 3.05) is 13.1 Å². The number of nitrogens with one attached hydrogen (secondary N) is 1. The first kappa shape index (κ1) is 22.2. The molecule has 170 valence electrons. The van der Waals surface area contributed by atoms with E-state index in [0.29, 0.717) is 29.8 Å². The van der Waals surface area contributed by atoms with Gasteiger partial charge in [0, 0.05) is 25.3 Å². The number of hydrogen-bond acceptors (Lipinski definition) is 5. The van der Waals surface area contributed by atoms with Crippen LogP contribution >= 0.6 is 0 Å². The summed E-state index contributed by atoms with van der Waals surface area (Å²) < 4.78 is 30.5. The minimum atomic E-state index is -3.65. The van der Waals surface area contributed by atoms with Gasteiger partial charge in [0.2, 0.25) is 15.9 Å². The van der Waals surface area contributed by atoms with Crippen LogP contribution in [0.15, 0.2) is 52.3 Å². The fourth-order valence-corrected chi connectivity index (χ4v) is 5.58. The Morgan fingerprint density at radius 1 is 1.12 bits per heavy atom. The van der Waals surface area contributed by atoms with Crippen molar-refractivity contribution in [3.63, 3.8) is 0 Å². The molecule has 9 nitrogen and oxygen atoms in total. The second-order valence-electron chi connectivity index (χ2n) is 8.19. The molecule has 0 aliphatic carbocycles. The topological polar surface area (TPSA) is 106 Å². The van der Waals surface area contributed by atoms with Crippen molar-refractivity contribution in [1.82, 2.24) is 23.7 Å². The lowest BCUT2D eigenvalue weighted by molar-refractivity contribution is -0.121. The van der Waals surface area contributed by atoms with Gasteiger partial charge in [-0.15, -0.1) is 0 Å². The van der Waals surface area contributed by atoms with Gasteiger partial charge in [-0.3, -0.25) is 18.9 Å². The van der Waals surface area contributed by atoms with Crippen molar-refractivity contribution in [1.29, 1.82) is 0 Å². The number of sulfonamides is 1. The predicted octanol–water partition coefficient (Wildman–Crippen LogP) is 1.88. The minimum absolute atomic E-state index is 0.135. The van der Waals surface area contributed by atoms with Gasteiger partial charge in [-0.1, -0.05) is 6.07 Å². The Kier molecular flexibility index (Phi) is 6.16. The Hall–Kier alpha value is -2.98. The lowest BCUT2D eigenvalue weighted by atomic mass is 10.3. The Labute approximate surface area is 186 Å². The van der Waals surface area contributed by atoms with Crippen molar-refractivity contribution in [2.24, 2.45) is 0 Å². The maximum absolute atomic E-state index is 13.1. The Morgan fingerprint density at radius 2 is 1.88 bits per heavy atom. The summed E-state index contributed by atoms with van der Waals surface area (Å²) in [5.41, 5.74) is 1.38. The van der Waals surface area contributed by atoms with Crippen LogP contribution < -0.4 is 11.0 Å². The molecule has 1 amide bonds. The van der Waals surface area contributed by atoms with E-state index in [1.807, 2.05) is 19.9 Å². The van der Waals surface area contributed by atoms with E-state index in [1.54, 1.807) is 35.0 Å².